The molecule has 7 nitrogen and oxygen atoms in total. The van der Waals surface area contributed by atoms with E-state index in [9.17, 15) is 14.9 Å². The highest BCUT2D eigenvalue weighted by molar-refractivity contribution is 5.96. The minimum absolute atomic E-state index is 0.0273. The third-order valence-electron chi connectivity index (χ3n) is 5.20. The summed E-state index contributed by atoms with van der Waals surface area (Å²) in [5.41, 5.74) is 11.1. The van der Waals surface area contributed by atoms with E-state index in [4.69, 9.17) is 5.73 Å². The summed E-state index contributed by atoms with van der Waals surface area (Å²) in [5.74, 6) is -0.146. The van der Waals surface area contributed by atoms with Gasteiger partial charge in [0.2, 0.25) is 5.91 Å². The smallest absolute Gasteiger partial charge is 0.270 e. The fourth-order valence-corrected chi connectivity index (χ4v) is 3.78. The van der Waals surface area contributed by atoms with Gasteiger partial charge in [0.15, 0.2) is 0 Å². The van der Waals surface area contributed by atoms with Crippen LogP contribution in [0, 0.1) is 10.1 Å². The molecule has 1 atom stereocenters. The maximum atomic E-state index is 12.3. The summed E-state index contributed by atoms with van der Waals surface area (Å²) in [7, 11) is 0. The van der Waals surface area contributed by atoms with Gasteiger partial charge in [-0.1, -0.05) is 24.3 Å². The van der Waals surface area contributed by atoms with Crippen LogP contribution in [0.1, 0.15) is 29.7 Å². The number of hydrogen-bond acceptors (Lipinski definition) is 4. The van der Waals surface area contributed by atoms with Gasteiger partial charge < -0.3 is 16.0 Å². The van der Waals surface area contributed by atoms with Crippen molar-refractivity contribution in [2.75, 3.05) is 5.32 Å². The van der Waals surface area contributed by atoms with E-state index >= 15 is 0 Å². The Hall–Kier alpha value is -3.45. The molecule has 1 aliphatic carbocycles. The maximum Gasteiger partial charge on any atom is 0.270 e. The SMILES string of the molecule is NC1CCc2[nH]c3ccc(NC(=O)CC=Cc4cccc([N+](=O)[O-])c4)cc3c2C1. The molecule has 0 bridgehead atoms. The van der Waals surface area contributed by atoms with Crippen LogP contribution in [0.4, 0.5) is 11.4 Å². The number of H-pyrrole nitrogens is 1. The van der Waals surface area contributed by atoms with Crippen molar-refractivity contribution in [3.05, 3.63) is 75.5 Å². The fraction of sp³-hybridized carbons (Fsp3) is 0.227. The molecule has 2 aromatic carbocycles. The fourth-order valence-electron chi connectivity index (χ4n) is 3.78. The summed E-state index contributed by atoms with van der Waals surface area (Å²) in [6, 6.07) is 12.3. The van der Waals surface area contributed by atoms with Gasteiger partial charge in [-0.25, -0.2) is 0 Å². The molecule has 0 spiro atoms. The summed E-state index contributed by atoms with van der Waals surface area (Å²) in [4.78, 5) is 26.1. The van der Waals surface area contributed by atoms with E-state index in [2.05, 4.69) is 10.3 Å². The Morgan fingerprint density at radius 1 is 1.31 bits per heavy atom. The van der Waals surface area contributed by atoms with E-state index in [0.29, 0.717) is 5.56 Å². The third kappa shape index (κ3) is 4.20. The molecule has 29 heavy (non-hydrogen) atoms. The molecule has 0 radical (unpaired) electrons. The number of nitrogens with two attached hydrogens (primary N) is 1. The largest absolute Gasteiger partial charge is 0.358 e. The summed E-state index contributed by atoms with van der Waals surface area (Å²) in [6.45, 7) is 0. The second-order valence-electron chi connectivity index (χ2n) is 7.35. The Kier molecular flexibility index (Phi) is 5.14. The van der Waals surface area contributed by atoms with Gasteiger partial charge in [-0.2, -0.15) is 0 Å². The van der Waals surface area contributed by atoms with Gasteiger partial charge in [-0.15, -0.1) is 0 Å². The van der Waals surface area contributed by atoms with Gasteiger partial charge in [0.05, 0.1) is 4.92 Å². The molecule has 0 saturated carbocycles. The van der Waals surface area contributed by atoms with Crippen molar-refractivity contribution in [3.8, 4) is 0 Å². The Morgan fingerprint density at radius 3 is 3.00 bits per heavy atom. The van der Waals surface area contributed by atoms with Crippen LogP contribution < -0.4 is 11.1 Å². The Balaban J connectivity index is 1.43. The zero-order chi connectivity index (χ0) is 20.4. The molecule has 1 aromatic heterocycles. The molecule has 4 N–H and O–H groups in total. The molecule has 1 amide bonds. The van der Waals surface area contributed by atoms with Crippen molar-refractivity contribution in [1.82, 2.24) is 4.98 Å². The van der Waals surface area contributed by atoms with Crippen molar-refractivity contribution in [1.29, 1.82) is 0 Å². The first kappa shape index (κ1) is 18.9. The van der Waals surface area contributed by atoms with Crippen LogP contribution in [0.5, 0.6) is 0 Å². The predicted octanol–water partition coefficient (Wildman–Crippen LogP) is 3.93. The van der Waals surface area contributed by atoms with Crippen molar-refractivity contribution >= 4 is 34.3 Å². The number of nitrogens with zero attached hydrogens (tertiary/aromatic N) is 1. The molecular formula is C22H22N4O3. The van der Waals surface area contributed by atoms with Crippen molar-refractivity contribution in [2.24, 2.45) is 5.73 Å². The number of hydrogen-bond donors (Lipinski definition) is 3. The lowest BCUT2D eigenvalue weighted by atomic mass is 9.92. The number of aryl methyl sites for hydroxylation is 1. The number of amides is 1. The number of carbonyl (C=O) groups excluding carboxylic acids is 1. The number of anilines is 1. The van der Waals surface area contributed by atoms with E-state index in [1.165, 1.54) is 23.4 Å². The number of fused-ring (bicyclic) bond motifs is 3. The number of benzene rings is 2. The average molecular weight is 390 g/mol. The molecule has 0 saturated heterocycles. The van der Waals surface area contributed by atoms with E-state index < -0.39 is 4.92 Å². The number of nitro groups is 1. The number of nitrogens with one attached hydrogen (secondary N) is 2. The summed E-state index contributed by atoms with van der Waals surface area (Å²) >= 11 is 0. The van der Waals surface area contributed by atoms with Crippen molar-refractivity contribution in [3.63, 3.8) is 0 Å². The number of carbonyl (C=O) groups is 1. The zero-order valence-corrected chi connectivity index (χ0v) is 15.9. The lowest BCUT2D eigenvalue weighted by Gasteiger charge is -2.18. The van der Waals surface area contributed by atoms with Crippen LogP contribution in [0.15, 0.2) is 48.5 Å². The van der Waals surface area contributed by atoms with Gasteiger partial charge in [0.25, 0.3) is 5.69 Å². The Bertz CT molecular complexity index is 1120. The van der Waals surface area contributed by atoms with Gasteiger partial charge >= 0.3 is 0 Å². The number of nitro benzene ring substituents is 1. The minimum Gasteiger partial charge on any atom is -0.358 e. The van der Waals surface area contributed by atoms with Crippen LogP contribution >= 0.6 is 0 Å². The second kappa shape index (κ2) is 7.89. The average Bonchev–Trinajstić information content (AvgIpc) is 3.05. The highest BCUT2D eigenvalue weighted by atomic mass is 16.6. The number of aromatic amines is 1. The summed E-state index contributed by atoms with van der Waals surface area (Å²) < 4.78 is 0. The summed E-state index contributed by atoms with van der Waals surface area (Å²) in [5, 5.41) is 14.9. The predicted molar refractivity (Wildman–Crippen MR) is 114 cm³/mol. The maximum absolute atomic E-state index is 12.3. The minimum atomic E-state index is -0.438. The molecule has 0 aliphatic heterocycles. The highest BCUT2D eigenvalue weighted by Gasteiger charge is 2.20. The molecule has 1 unspecified atom stereocenters. The number of rotatable bonds is 5. The molecule has 3 aromatic rings. The van der Waals surface area contributed by atoms with Crippen LogP contribution in [0.25, 0.3) is 17.0 Å². The third-order valence-corrected chi connectivity index (χ3v) is 5.20. The topological polar surface area (TPSA) is 114 Å². The lowest BCUT2D eigenvalue weighted by Crippen LogP contribution is -2.27. The Morgan fingerprint density at radius 2 is 2.17 bits per heavy atom. The lowest BCUT2D eigenvalue weighted by molar-refractivity contribution is -0.384. The highest BCUT2D eigenvalue weighted by Crippen LogP contribution is 2.30. The van der Waals surface area contributed by atoms with Gasteiger partial charge in [-0.3, -0.25) is 14.9 Å². The van der Waals surface area contributed by atoms with Crippen LogP contribution in [0.2, 0.25) is 0 Å². The normalized spacial score (nSPS) is 16.1. The molecule has 148 valence electrons. The van der Waals surface area contributed by atoms with E-state index in [-0.39, 0.29) is 24.1 Å². The standard InChI is InChI=1S/C22H22N4O3/c23-15-7-9-20-18(12-15)19-13-16(8-10-21(19)25-20)24-22(27)6-2-4-14-3-1-5-17(11-14)26(28)29/h1-5,8,10-11,13,15,25H,6-7,9,12,23H2,(H,24,27). The first-order chi connectivity index (χ1) is 14.0. The molecule has 0 fully saturated rings. The second-order valence-corrected chi connectivity index (χ2v) is 7.35. The van der Waals surface area contributed by atoms with Crippen LogP contribution in [-0.2, 0) is 17.6 Å². The monoisotopic (exact) mass is 390 g/mol. The quantitative estimate of drug-likeness (QED) is 0.452. The first-order valence-corrected chi connectivity index (χ1v) is 9.59. The van der Waals surface area contributed by atoms with Crippen molar-refractivity contribution in [2.45, 2.75) is 31.7 Å². The zero-order valence-electron chi connectivity index (χ0n) is 15.9. The van der Waals surface area contributed by atoms with Gasteiger partial charge in [-0.05, 0) is 48.6 Å². The van der Waals surface area contributed by atoms with Crippen molar-refractivity contribution < 1.29 is 9.72 Å². The van der Waals surface area contributed by atoms with Gasteiger partial charge in [0.1, 0.15) is 0 Å². The van der Waals surface area contributed by atoms with Gasteiger partial charge in [0, 0.05) is 46.9 Å². The molecule has 1 heterocycles. The van der Waals surface area contributed by atoms with E-state index in [1.54, 1.807) is 24.3 Å². The Labute approximate surface area is 167 Å². The summed E-state index contributed by atoms with van der Waals surface area (Å²) in [6.07, 6.45) is 6.37. The molecule has 7 heteroatoms. The van der Waals surface area contributed by atoms with E-state index in [0.717, 1.165) is 35.9 Å². The molecule has 4 rings (SSSR count). The number of non-ortho nitro benzene ring substituents is 1. The molecule has 1 aliphatic rings. The van der Waals surface area contributed by atoms with Crippen LogP contribution in [-0.4, -0.2) is 21.9 Å². The number of aromatic nitrogens is 1. The first-order valence-electron chi connectivity index (χ1n) is 9.59. The van der Waals surface area contributed by atoms with Crippen LogP contribution in [0.3, 0.4) is 0 Å². The molecular weight excluding hydrogens is 368 g/mol. The van der Waals surface area contributed by atoms with E-state index in [1.807, 2.05) is 18.2 Å².